The van der Waals surface area contributed by atoms with Crippen LogP contribution in [0.5, 0.6) is 0 Å². The number of carbonyl (C=O) groups excluding carboxylic acids is 1. The summed E-state index contributed by atoms with van der Waals surface area (Å²) < 4.78 is 0. The standard InChI is InChI=1S/C25H32N4O/c1-17(14-22-8-6-11-27-20(22)4)19(3)21(5)29-13-10-23(15-18(29)2)25(30)28-12-7-9-24(26)16-28/h6,8,10-11,13-15,24H,2,7,9,12,16,26H2,1,3-5H3/b17-14+,21-19+. The van der Waals surface area contributed by atoms with Gasteiger partial charge in [0.15, 0.2) is 0 Å². The van der Waals surface area contributed by atoms with Gasteiger partial charge in [-0.1, -0.05) is 12.6 Å². The zero-order valence-corrected chi connectivity index (χ0v) is 18.5. The van der Waals surface area contributed by atoms with Gasteiger partial charge in [-0.2, -0.15) is 0 Å². The Bertz CT molecular complexity index is 967. The highest BCUT2D eigenvalue weighted by atomic mass is 16.2. The van der Waals surface area contributed by atoms with E-state index in [-0.39, 0.29) is 11.9 Å². The molecule has 158 valence electrons. The lowest BCUT2D eigenvalue weighted by molar-refractivity contribution is -0.127. The molecule has 3 heterocycles. The SMILES string of the molecule is C=C1C=C(C(=O)N2CCCC(N)C2)C=CN1/C(C)=C(C)/C(C)=C/c1cccnc1C. The maximum atomic E-state index is 12.9. The van der Waals surface area contributed by atoms with E-state index in [9.17, 15) is 4.79 Å². The zero-order valence-electron chi connectivity index (χ0n) is 18.5. The average Bonchev–Trinajstić information content (AvgIpc) is 2.73. The Morgan fingerprint density at radius 1 is 1.33 bits per heavy atom. The predicted octanol–water partition coefficient (Wildman–Crippen LogP) is 4.31. The summed E-state index contributed by atoms with van der Waals surface area (Å²) in [7, 11) is 0. The summed E-state index contributed by atoms with van der Waals surface area (Å²) in [5.41, 5.74) is 13.0. The van der Waals surface area contributed by atoms with Crippen LogP contribution >= 0.6 is 0 Å². The van der Waals surface area contributed by atoms with E-state index in [0.29, 0.717) is 12.1 Å². The fraction of sp³-hybridized carbons (Fsp3) is 0.360. The zero-order chi connectivity index (χ0) is 21.8. The van der Waals surface area contributed by atoms with Crippen molar-refractivity contribution in [1.82, 2.24) is 14.8 Å². The van der Waals surface area contributed by atoms with Crippen LogP contribution in [0.4, 0.5) is 0 Å². The number of nitrogens with zero attached hydrogens (tertiary/aromatic N) is 3. The number of aryl methyl sites for hydroxylation is 1. The number of likely N-dealkylation sites (tertiary alicyclic amines) is 1. The van der Waals surface area contributed by atoms with Gasteiger partial charge in [-0.3, -0.25) is 9.78 Å². The molecule has 1 atom stereocenters. The topological polar surface area (TPSA) is 62.5 Å². The van der Waals surface area contributed by atoms with Crippen LogP contribution in [0, 0.1) is 6.92 Å². The van der Waals surface area contributed by atoms with Crippen LogP contribution in [0.15, 0.2) is 71.4 Å². The number of amides is 1. The van der Waals surface area contributed by atoms with Crippen molar-refractivity contribution in [3.05, 3.63) is 82.6 Å². The molecule has 1 aromatic rings. The molecule has 0 aromatic carbocycles. The summed E-state index contributed by atoms with van der Waals surface area (Å²) in [6.45, 7) is 13.9. The molecule has 5 heteroatoms. The highest BCUT2D eigenvalue weighted by molar-refractivity contribution is 5.97. The average molecular weight is 405 g/mol. The molecule has 1 saturated heterocycles. The van der Waals surface area contributed by atoms with Gasteiger partial charge in [0, 0.05) is 54.2 Å². The molecule has 2 aliphatic heterocycles. The molecule has 0 spiro atoms. The Kier molecular flexibility index (Phi) is 6.73. The number of rotatable bonds is 4. The molecule has 1 aromatic heterocycles. The van der Waals surface area contributed by atoms with Crippen molar-refractivity contribution < 1.29 is 4.79 Å². The maximum Gasteiger partial charge on any atom is 0.254 e. The first-order valence-corrected chi connectivity index (χ1v) is 10.5. The van der Waals surface area contributed by atoms with E-state index < -0.39 is 0 Å². The molecule has 0 aliphatic carbocycles. The van der Waals surface area contributed by atoms with Gasteiger partial charge in [0.2, 0.25) is 0 Å². The monoisotopic (exact) mass is 404 g/mol. The number of allylic oxidation sites excluding steroid dienone is 4. The smallest absolute Gasteiger partial charge is 0.254 e. The Balaban J connectivity index is 1.77. The number of nitrogens with two attached hydrogens (primary N) is 1. The summed E-state index contributed by atoms with van der Waals surface area (Å²) >= 11 is 0. The lowest BCUT2D eigenvalue weighted by Crippen LogP contribution is -2.46. The normalized spacial score (nSPS) is 20.8. The molecule has 2 aliphatic rings. The van der Waals surface area contributed by atoms with E-state index in [4.69, 9.17) is 5.73 Å². The van der Waals surface area contributed by atoms with Crippen molar-refractivity contribution in [2.75, 3.05) is 13.1 Å². The van der Waals surface area contributed by atoms with E-state index in [1.165, 1.54) is 0 Å². The molecule has 30 heavy (non-hydrogen) atoms. The Hall–Kier alpha value is -2.92. The molecule has 1 fully saturated rings. The molecule has 1 unspecified atom stereocenters. The third kappa shape index (κ3) is 4.79. The molecule has 0 radical (unpaired) electrons. The number of aromatic nitrogens is 1. The minimum atomic E-state index is 0.0312. The van der Waals surface area contributed by atoms with Crippen molar-refractivity contribution >= 4 is 12.0 Å². The number of hydrogen-bond acceptors (Lipinski definition) is 4. The van der Waals surface area contributed by atoms with Gasteiger partial charge in [0.25, 0.3) is 5.91 Å². The summed E-state index contributed by atoms with van der Waals surface area (Å²) in [5, 5.41) is 0. The summed E-state index contributed by atoms with van der Waals surface area (Å²) in [6.07, 6.45) is 11.6. The lowest BCUT2D eigenvalue weighted by atomic mass is 10.0. The van der Waals surface area contributed by atoms with Crippen molar-refractivity contribution in [2.45, 2.75) is 46.6 Å². The van der Waals surface area contributed by atoms with Crippen molar-refractivity contribution in [3.8, 4) is 0 Å². The fourth-order valence-electron chi connectivity index (χ4n) is 3.84. The second-order valence-corrected chi connectivity index (χ2v) is 8.15. The largest absolute Gasteiger partial charge is 0.337 e. The minimum Gasteiger partial charge on any atom is -0.337 e. The first kappa shape index (κ1) is 21.8. The van der Waals surface area contributed by atoms with E-state index in [2.05, 4.69) is 44.5 Å². The molecule has 3 rings (SSSR count). The highest BCUT2D eigenvalue weighted by Crippen LogP contribution is 2.27. The third-order valence-corrected chi connectivity index (χ3v) is 5.94. The molecular formula is C25H32N4O. The number of hydrogen-bond donors (Lipinski definition) is 1. The van der Waals surface area contributed by atoms with Crippen LogP contribution in [0.25, 0.3) is 6.08 Å². The van der Waals surface area contributed by atoms with Crippen LogP contribution in [-0.4, -0.2) is 39.8 Å². The Morgan fingerprint density at radius 3 is 2.77 bits per heavy atom. The third-order valence-electron chi connectivity index (χ3n) is 5.94. The molecule has 0 bridgehead atoms. The van der Waals surface area contributed by atoms with Gasteiger partial charge >= 0.3 is 0 Å². The minimum absolute atomic E-state index is 0.0312. The Labute approximate surface area is 180 Å². The summed E-state index contributed by atoms with van der Waals surface area (Å²) in [5.74, 6) is 0.0312. The Morgan fingerprint density at radius 2 is 2.10 bits per heavy atom. The van der Waals surface area contributed by atoms with E-state index in [0.717, 1.165) is 53.2 Å². The number of carbonyl (C=O) groups is 1. The van der Waals surface area contributed by atoms with Gasteiger partial charge in [-0.05, 0) is 81.5 Å². The van der Waals surface area contributed by atoms with Gasteiger partial charge in [0.1, 0.15) is 0 Å². The molecule has 5 nitrogen and oxygen atoms in total. The molecule has 2 N–H and O–H groups in total. The molecule has 0 saturated carbocycles. The van der Waals surface area contributed by atoms with Crippen molar-refractivity contribution in [2.24, 2.45) is 5.73 Å². The summed E-state index contributed by atoms with van der Waals surface area (Å²) in [6, 6.07) is 4.09. The lowest BCUT2D eigenvalue weighted by Gasteiger charge is -2.32. The van der Waals surface area contributed by atoms with Crippen LogP contribution in [0.1, 0.15) is 44.9 Å². The predicted molar refractivity (Wildman–Crippen MR) is 123 cm³/mol. The summed E-state index contributed by atoms with van der Waals surface area (Å²) in [4.78, 5) is 21.1. The van der Waals surface area contributed by atoms with Crippen LogP contribution in [-0.2, 0) is 4.79 Å². The van der Waals surface area contributed by atoms with Gasteiger partial charge in [-0.25, -0.2) is 0 Å². The van der Waals surface area contributed by atoms with E-state index >= 15 is 0 Å². The molecular weight excluding hydrogens is 372 g/mol. The molecule has 1 amide bonds. The number of pyridine rings is 1. The maximum absolute atomic E-state index is 12.9. The highest BCUT2D eigenvalue weighted by Gasteiger charge is 2.25. The van der Waals surface area contributed by atoms with Crippen LogP contribution in [0.2, 0.25) is 0 Å². The first-order valence-electron chi connectivity index (χ1n) is 10.5. The first-order chi connectivity index (χ1) is 14.3. The second-order valence-electron chi connectivity index (χ2n) is 8.15. The van der Waals surface area contributed by atoms with Crippen LogP contribution in [0.3, 0.4) is 0 Å². The fourth-order valence-corrected chi connectivity index (χ4v) is 3.84. The van der Waals surface area contributed by atoms with Gasteiger partial charge < -0.3 is 15.5 Å². The van der Waals surface area contributed by atoms with E-state index in [1.807, 2.05) is 41.1 Å². The van der Waals surface area contributed by atoms with Crippen LogP contribution < -0.4 is 5.73 Å². The quantitative estimate of drug-likeness (QED) is 0.760. The van der Waals surface area contributed by atoms with E-state index in [1.54, 1.807) is 6.20 Å². The number of piperidine rings is 1. The van der Waals surface area contributed by atoms with Crippen molar-refractivity contribution in [1.29, 1.82) is 0 Å². The van der Waals surface area contributed by atoms with Crippen molar-refractivity contribution in [3.63, 3.8) is 0 Å². The second kappa shape index (κ2) is 9.26. The van der Waals surface area contributed by atoms with Gasteiger partial charge in [0.05, 0.1) is 0 Å². The van der Waals surface area contributed by atoms with Gasteiger partial charge in [-0.15, -0.1) is 0 Å².